The third-order valence-electron chi connectivity index (χ3n) is 4.15. The molecule has 0 radical (unpaired) electrons. The number of halogens is 3. The van der Waals surface area contributed by atoms with E-state index in [0.717, 1.165) is 25.7 Å². The lowest BCUT2D eigenvalue weighted by molar-refractivity contribution is -0.159. The standard InChI is InChI=1S/C15H16F3N3O3/c16-15(17,18)13-19-12(21-24-13)14(7-3-1-2-4-8-14)20-11(22)10-6-5-9-23-10/h5-6,9H,1-4,7-8H2,(H,20,22). The Balaban J connectivity index is 1.93. The lowest BCUT2D eigenvalue weighted by Gasteiger charge is -2.30. The summed E-state index contributed by atoms with van der Waals surface area (Å²) >= 11 is 0. The number of aromatic nitrogens is 2. The maximum atomic E-state index is 12.8. The maximum absolute atomic E-state index is 12.8. The fourth-order valence-corrected chi connectivity index (χ4v) is 2.96. The van der Waals surface area contributed by atoms with Gasteiger partial charge in [-0.05, 0) is 25.0 Å². The van der Waals surface area contributed by atoms with Crippen LogP contribution in [0.3, 0.4) is 0 Å². The van der Waals surface area contributed by atoms with Crippen molar-refractivity contribution in [2.24, 2.45) is 0 Å². The molecule has 0 aliphatic heterocycles. The van der Waals surface area contributed by atoms with Crippen LogP contribution in [0.15, 0.2) is 27.3 Å². The molecule has 1 fully saturated rings. The Morgan fingerprint density at radius 3 is 2.46 bits per heavy atom. The average Bonchev–Trinajstić information content (AvgIpc) is 3.17. The third kappa shape index (κ3) is 3.29. The molecule has 1 N–H and O–H groups in total. The van der Waals surface area contributed by atoms with E-state index in [0.29, 0.717) is 12.8 Å². The molecule has 3 rings (SSSR count). The first-order valence-corrected chi connectivity index (χ1v) is 7.68. The summed E-state index contributed by atoms with van der Waals surface area (Å²) in [6.07, 6.45) is 0.868. The molecule has 6 nitrogen and oxygen atoms in total. The molecule has 0 spiro atoms. The number of carbonyl (C=O) groups is 1. The van der Waals surface area contributed by atoms with Gasteiger partial charge in [-0.3, -0.25) is 4.79 Å². The topological polar surface area (TPSA) is 81.2 Å². The molecule has 1 aliphatic rings. The summed E-state index contributed by atoms with van der Waals surface area (Å²) in [7, 11) is 0. The molecule has 130 valence electrons. The summed E-state index contributed by atoms with van der Waals surface area (Å²) in [4.78, 5) is 15.9. The zero-order chi connectivity index (χ0) is 17.2. The minimum Gasteiger partial charge on any atom is -0.459 e. The molecule has 2 aromatic rings. The summed E-state index contributed by atoms with van der Waals surface area (Å²) < 4.78 is 47.7. The van der Waals surface area contributed by atoms with Crippen molar-refractivity contribution in [3.8, 4) is 0 Å². The van der Waals surface area contributed by atoms with Crippen molar-refractivity contribution < 1.29 is 26.9 Å². The average molecular weight is 343 g/mol. The number of alkyl halides is 3. The summed E-state index contributed by atoms with van der Waals surface area (Å²) in [5.41, 5.74) is -1.09. The van der Waals surface area contributed by atoms with E-state index in [1.807, 2.05) is 0 Å². The van der Waals surface area contributed by atoms with Crippen LogP contribution in [0.4, 0.5) is 13.2 Å². The van der Waals surface area contributed by atoms with Crippen molar-refractivity contribution in [1.29, 1.82) is 0 Å². The molecule has 1 saturated carbocycles. The first kappa shape index (κ1) is 16.5. The number of nitrogens with one attached hydrogen (secondary N) is 1. The zero-order valence-electron chi connectivity index (χ0n) is 12.7. The van der Waals surface area contributed by atoms with Crippen LogP contribution in [0, 0.1) is 0 Å². The Kier molecular flexibility index (Phi) is 4.33. The quantitative estimate of drug-likeness (QED) is 0.860. The molecule has 1 amide bonds. The minimum absolute atomic E-state index is 0.0816. The van der Waals surface area contributed by atoms with Crippen LogP contribution in [0.5, 0.6) is 0 Å². The van der Waals surface area contributed by atoms with Gasteiger partial charge in [0.25, 0.3) is 5.91 Å². The number of amides is 1. The van der Waals surface area contributed by atoms with E-state index in [2.05, 4.69) is 20.0 Å². The van der Waals surface area contributed by atoms with Crippen LogP contribution in [0.1, 0.15) is 60.8 Å². The number of nitrogens with zero attached hydrogens (tertiary/aromatic N) is 2. The molecule has 2 heterocycles. The van der Waals surface area contributed by atoms with Gasteiger partial charge in [0.05, 0.1) is 6.26 Å². The lowest BCUT2D eigenvalue weighted by atomic mass is 9.89. The van der Waals surface area contributed by atoms with Crippen LogP contribution >= 0.6 is 0 Å². The highest BCUT2D eigenvalue weighted by atomic mass is 19.4. The molecule has 0 aromatic carbocycles. The van der Waals surface area contributed by atoms with Crippen LogP contribution in [0.2, 0.25) is 0 Å². The second kappa shape index (κ2) is 6.29. The van der Waals surface area contributed by atoms with Crippen molar-refractivity contribution in [1.82, 2.24) is 15.5 Å². The summed E-state index contributed by atoms with van der Waals surface area (Å²) in [6.45, 7) is 0. The molecular formula is C15H16F3N3O3. The first-order valence-electron chi connectivity index (χ1n) is 7.68. The number of hydrogen-bond donors (Lipinski definition) is 1. The van der Waals surface area contributed by atoms with E-state index >= 15 is 0 Å². The maximum Gasteiger partial charge on any atom is 0.471 e. The number of furan rings is 1. The molecular weight excluding hydrogens is 327 g/mol. The Morgan fingerprint density at radius 1 is 1.21 bits per heavy atom. The van der Waals surface area contributed by atoms with E-state index in [1.165, 1.54) is 12.3 Å². The van der Waals surface area contributed by atoms with E-state index in [1.54, 1.807) is 6.07 Å². The number of carbonyl (C=O) groups excluding carboxylic acids is 1. The van der Waals surface area contributed by atoms with Gasteiger partial charge in [-0.15, -0.1) is 0 Å². The van der Waals surface area contributed by atoms with Crippen molar-refractivity contribution in [2.75, 3.05) is 0 Å². The van der Waals surface area contributed by atoms with E-state index in [9.17, 15) is 18.0 Å². The summed E-state index contributed by atoms with van der Waals surface area (Å²) in [6, 6.07) is 3.04. The van der Waals surface area contributed by atoms with Crippen LogP contribution in [-0.2, 0) is 11.7 Å². The summed E-state index contributed by atoms with van der Waals surface area (Å²) in [5.74, 6) is -1.98. The molecule has 0 bridgehead atoms. The first-order chi connectivity index (χ1) is 11.4. The molecule has 0 atom stereocenters. The molecule has 1 aliphatic carbocycles. The highest BCUT2D eigenvalue weighted by Gasteiger charge is 2.44. The highest BCUT2D eigenvalue weighted by Crippen LogP contribution is 2.37. The largest absolute Gasteiger partial charge is 0.471 e. The normalized spacial score (nSPS) is 18.1. The van der Waals surface area contributed by atoms with Gasteiger partial charge in [0.15, 0.2) is 11.6 Å². The second-order valence-electron chi connectivity index (χ2n) is 5.85. The third-order valence-corrected chi connectivity index (χ3v) is 4.15. The second-order valence-corrected chi connectivity index (χ2v) is 5.85. The number of rotatable bonds is 3. The number of hydrogen-bond acceptors (Lipinski definition) is 5. The van der Waals surface area contributed by atoms with Gasteiger partial charge in [-0.2, -0.15) is 18.2 Å². The Morgan fingerprint density at radius 2 is 1.92 bits per heavy atom. The minimum atomic E-state index is -4.72. The highest BCUT2D eigenvalue weighted by molar-refractivity contribution is 5.91. The smallest absolute Gasteiger partial charge is 0.459 e. The molecule has 9 heteroatoms. The van der Waals surface area contributed by atoms with Crippen molar-refractivity contribution in [2.45, 2.75) is 50.2 Å². The van der Waals surface area contributed by atoms with Gasteiger partial charge in [0.2, 0.25) is 0 Å². The molecule has 24 heavy (non-hydrogen) atoms. The van der Waals surface area contributed by atoms with Gasteiger partial charge >= 0.3 is 12.1 Å². The van der Waals surface area contributed by atoms with Crippen LogP contribution < -0.4 is 5.32 Å². The molecule has 0 unspecified atom stereocenters. The molecule has 2 aromatic heterocycles. The van der Waals surface area contributed by atoms with Gasteiger partial charge in [0.1, 0.15) is 5.54 Å². The Labute approximate surface area is 135 Å². The van der Waals surface area contributed by atoms with Gasteiger partial charge in [-0.25, -0.2) is 0 Å². The van der Waals surface area contributed by atoms with Crippen molar-refractivity contribution >= 4 is 5.91 Å². The predicted molar refractivity (Wildman–Crippen MR) is 74.9 cm³/mol. The van der Waals surface area contributed by atoms with Gasteiger partial charge in [-0.1, -0.05) is 30.8 Å². The monoisotopic (exact) mass is 343 g/mol. The van der Waals surface area contributed by atoms with Gasteiger partial charge < -0.3 is 14.3 Å². The fraction of sp³-hybridized carbons (Fsp3) is 0.533. The Bertz CT molecular complexity index is 686. The zero-order valence-corrected chi connectivity index (χ0v) is 12.7. The van der Waals surface area contributed by atoms with Crippen molar-refractivity contribution in [3.63, 3.8) is 0 Å². The van der Waals surface area contributed by atoms with Gasteiger partial charge in [0, 0.05) is 0 Å². The fourth-order valence-electron chi connectivity index (χ4n) is 2.96. The van der Waals surface area contributed by atoms with Crippen LogP contribution in [0.25, 0.3) is 0 Å². The Hall–Kier alpha value is -2.32. The SMILES string of the molecule is O=C(NC1(c2noc(C(F)(F)F)n2)CCCCCC1)c1ccco1. The predicted octanol–water partition coefficient (Wildman–Crippen LogP) is 3.66. The van der Waals surface area contributed by atoms with E-state index < -0.39 is 23.5 Å². The van der Waals surface area contributed by atoms with E-state index in [4.69, 9.17) is 4.42 Å². The molecule has 0 saturated heterocycles. The van der Waals surface area contributed by atoms with Crippen LogP contribution in [-0.4, -0.2) is 16.0 Å². The van der Waals surface area contributed by atoms with E-state index in [-0.39, 0.29) is 11.6 Å². The summed E-state index contributed by atoms with van der Waals surface area (Å²) in [5, 5.41) is 6.27. The van der Waals surface area contributed by atoms with Crippen molar-refractivity contribution in [3.05, 3.63) is 35.9 Å². The lowest BCUT2D eigenvalue weighted by Crippen LogP contribution is -2.46.